The highest BCUT2D eigenvalue weighted by molar-refractivity contribution is 7.98. The number of thiocarbonyl (C=S) groups is 1. The number of rotatable bonds is 10. The molecule has 1 saturated heterocycles. The molecular weight excluding hydrogens is 698 g/mol. The number of hydrogen-bond acceptors (Lipinski definition) is 6. The van der Waals surface area contributed by atoms with Gasteiger partial charge in [0.25, 0.3) is 11.8 Å². The molecule has 0 atom stereocenters. The highest BCUT2D eigenvalue weighted by Crippen LogP contribution is 2.48. The van der Waals surface area contributed by atoms with Crippen molar-refractivity contribution in [3.05, 3.63) is 120 Å². The predicted molar refractivity (Wildman–Crippen MR) is 204 cm³/mol. The monoisotopic (exact) mass is 736 g/mol. The molecule has 2 aliphatic heterocycles. The summed E-state index contributed by atoms with van der Waals surface area (Å²) in [5, 5.41) is 2.67. The number of nitrogens with one attached hydrogen (secondary N) is 1. The minimum atomic E-state index is -0.675. The van der Waals surface area contributed by atoms with Crippen molar-refractivity contribution in [3.8, 4) is 0 Å². The Morgan fingerprint density at radius 2 is 1.44 bits per heavy atom. The van der Waals surface area contributed by atoms with Gasteiger partial charge in [0.2, 0.25) is 5.91 Å². The molecule has 0 unspecified atom stereocenters. The van der Waals surface area contributed by atoms with E-state index in [1.165, 1.54) is 54.6 Å². The number of fused-ring (bicyclic) bond motifs is 1. The molecule has 0 bridgehead atoms. The first kappa shape index (κ1) is 38.5. The molecule has 3 aromatic carbocycles. The fraction of sp³-hybridized carbons (Fsp3) is 0.263. The lowest BCUT2D eigenvalue weighted by Gasteiger charge is -2.36. The van der Waals surface area contributed by atoms with Gasteiger partial charge in [0, 0.05) is 34.8 Å². The van der Waals surface area contributed by atoms with Crippen LogP contribution in [0.4, 0.5) is 25.8 Å². The predicted octanol–water partition coefficient (Wildman–Crippen LogP) is 8.29. The summed E-state index contributed by atoms with van der Waals surface area (Å²) in [5.74, 6) is -2.66. The molecule has 2 aliphatic rings. The van der Waals surface area contributed by atoms with Crippen LogP contribution >= 0.6 is 35.6 Å². The van der Waals surface area contributed by atoms with Crippen molar-refractivity contribution < 1.29 is 23.2 Å². The largest absolute Gasteiger partial charge is 0.355 e. The first-order valence-corrected chi connectivity index (χ1v) is 18.3. The molecule has 262 valence electrons. The first-order valence-electron chi connectivity index (χ1n) is 16.1. The van der Waals surface area contributed by atoms with E-state index >= 15 is 0 Å². The van der Waals surface area contributed by atoms with Crippen LogP contribution < -0.4 is 20.0 Å². The Morgan fingerprint density at radius 1 is 0.900 bits per heavy atom. The van der Waals surface area contributed by atoms with E-state index in [0.717, 1.165) is 31.6 Å². The Bertz CT molecular complexity index is 1770. The Morgan fingerprint density at radius 3 is 1.96 bits per heavy atom. The average molecular weight is 737 g/mol. The van der Waals surface area contributed by atoms with Gasteiger partial charge >= 0.3 is 0 Å². The molecule has 0 spiro atoms. The number of anilines is 3. The van der Waals surface area contributed by atoms with Crippen LogP contribution in [0.25, 0.3) is 0 Å². The van der Waals surface area contributed by atoms with Gasteiger partial charge in [-0.25, -0.2) is 8.78 Å². The second-order valence-electron chi connectivity index (χ2n) is 11.5. The van der Waals surface area contributed by atoms with Gasteiger partial charge in [-0.05, 0) is 109 Å². The number of alkyl halides is 1. The summed E-state index contributed by atoms with van der Waals surface area (Å²) in [5.41, 5.74) is 3.21. The number of amides is 3. The van der Waals surface area contributed by atoms with Crippen LogP contribution in [0.2, 0.25) is 0 Å². The quantitative estimate of drug-likeness (QED) is 0.0564. The lowest BCUT2D eigenvalue weighted by atomic mass is 9.83. The Balaban J connectivity index is 0.00000276. The van der Waals surface area contributed by atoms with Crippen LogP contribution in [-0.2, 0) is 19.8 Å². The van der Waals surface area contributed by atoms with Crippen molar-refractivity contribution in [1.82, 2.24) is 5.32 Å². The molecule has 12 heteroatoms. The van der Waals surface area contributed by atoms with E-state index in [9.17, 15) is 23.2 Å². The lowest BCUT2D eigenvalue weighted by Crippen LogP contribution is -2.57. The van der Waals surface area contributed by atoms with Gasteiger partial charge in [-0.2, -0.15) is 0 Å². The number of thioether (sulfide) groups is 1. The van der Waals surface area contributed by atoms with Gasteiger partial charge < -0.3 is 10.2 Å². The summed E-state index contributed by atoms with van der Waals surface area (Å²) >= 11 is 12.9. The van der Waals surface area contributed by atoms with Gasteiger partial charge in [-0.3, -0.25) is 24.2 Å². The summed E-state index contributed by atoms with van der Waals surface area (Å²) in [6.45, 7) is 9.38. The van der Waals surface area contributed by atoms with Gasteiger partial charge in [0.05, 0.1) is 11.4 Å². The van der Waals surface area contributed by atoms with E-state index < -0.39 is 23.4 Å². The summed E-state index contributed by atoms with van der Waals surface area (Å²) in [6.07, 6.45) is 9.46. The summed E-state index contributed by atoms with van der Waals surface area (Å²) in [4.78, 5) is 44.9. The van der Waals surface area contributed by atoms with E-state index in [4.69, 9.17) is 23.8 Å². The van der Waals surface area contributed by atoms with E-state index in [1.807, 2.05) is 26.2 Å². The van der Waals surface area contributed by atoms with E-state index in [2.05, 4.69) is 42.3 Å². The average Bonchev–Trinajstić information content (AvgIpc) is 3.32. The van der Waals surface area contributed by atoms with Crippen LogP contribution in [-0.4, -0.2) is 48.1 Å². The Kier molecular flexibility index (Phi) is 13.1. The molecule has 7 nitrogen and oxygen atoms in total. The molecule has 0 radical (unpaired) electrons. The minimum Gasteiger partial charge on any atom is -0.355 e. The normalized spacial score (nSPS) is 16.2. The molecule has 1 fully saturated rings. The molecular formula is C38H39ClF2N4O3S2. The molecule has 0 saturated carbocycles. The van der Waals surface area contributed by atoms with E-state index in [-0.39, 0.29) is 39.3 Å². The van der Waals surface area contributed by atoms with Crippen LogP contribution in [0.15, 0.2) is 107 Å². The fourth-order valence-electron chi connectivity index (χ4n) is 5.72. The number of carbonyl (C=O) groups excluding carboxylic acids is 3. The molecule has 3 aromatic rings. The third-order valence-corrected chi connectivity index (χ3v) is 9.48. The van der Waals surface area contributed by atoms with Crippen LogP contribution in [0.1, 0.15) is 39.7 Å². The molecule has 5 rings (SSSR count). The third-order valence-electron chi connectivity index (χ3n) is 8.15. The zero-order valence-electron chi connectivity index (χ0n) is 28.5. The summed E-state index contributed by atoms with van der Waals surface area (Å²) in [6, 6.07) is 16.7. The molecule has 0 aromatic heterocycles. The van der Waals surface area contributed by atoms with Gasteiger partial charge in [-0.1, -0.05) is 39.8 Å². The minimum absolute atomic E-state index is 0.0946. The molecule has 2 heterocycles. The maximum Gasteiger partial charge on any atom is 0.270 e. The molecule has 50 heavy (non-hydrogen) atoms. The van der Waals surface area contributed by atoms with Crippen molar-refractivity contribution in [3.63, 3.8) is 0 Å². The zero-order chi connectivity index (χ0) is 36.6. The number of nitrogens with zero attached hydrogens (tertiary/aromatic N) is 3. The lowest BCUT2D eigenvalue weighted by molar-refractivity contribution is -0.121. The third kappa shape index (κ3) is 8.17. The van der Waals surface area contributed by atoms with Crippen molar-refractivity contribution in [2.75, 3.05) is 39.9 Å². The van der Waals surface area contributed by atoms with Crippen LogP contribution in [0.5, 0.6) is 0 Å². The van der Waals surface area contributed by atoms with E-state index in [0.29, 0.717) is 19.5 Å². The van der Waals surface area contributed by atoms with E-state index in [1.54, 1.807) is 23.9 Å². The van der Waals surface area contributed by atoms with Gasteiger partial charge in [0.1, 0.15) is 23.1 Å². The molecule has 3 amide bonds. The number of allylic oxidation sites excluding steroid dienone is 5. The molecule has 0 aliphatic carbocycles. The van der Waals surface area contributed by atoms with Gasteiger partial charge in [-0.15, -0.1) is 23.4 Å². The standard InChI is InChI=1S/C36H33ClF2N4O3S2.C2H6/c1-36(2)29-21-27(48-3)17-18-30(29)41(20-6-19-40-32(44)22-37)31(36)8-5-4-7-28-33(45)42(25-13-9-23(38)10-14-25)35(47)43(34(28)46)26-15-11-24(39)12-16-26;1-2/h4-5,7-18,21H,6,19-20,22H2,1-3H3,(H,40,44);1-2H3/b5-4+,31-8+;. The van der Waals surface area contributed by atoms with Gasteiger partial charge in [0.15, 0.2) is 5.11 Å². The van der Waals surface area contributed by atoms with Crippen molar-refractivity contribution >= 4 is 75.5 Å². The summed E-state index contributed by atoms with van der Waals surface area (Å²) in [7, 11) is 0. The number of benzene rings is 3. The molecule has 1 N–H and O–H groups in total. The van der Waals surface area contributed by atoms with Crippen molar-refractivity contribution in [2.45, 2.75) is 44.4 Å². The summed E-state index contributed by atoms with van der Waals surface area (Å²) < 4.78 is 27.5. The number of carbonyl (C=O) groups is 3. The highest BCUT2D eigenvalue weighted by Gasteiger charge is 2.42. The SMILES string of the molecule is CC.CSc1ccc2c(c1)C(C)(C)/C(=C\C=C\C=C1C(=O)N(c3ccc(F)cc3)C(=S)N(c3ccc(F)cc3)C1=O)N2CCCNC(=O)CCl. The maximum atomic E-state index is 13.8. The second-order valence-corrected chi connectivity index (χ2v) is 13.0. The topological polar surface area (TPSA) is 73.0 Å². The van der Waals surface area contributed by atoms with Crippen LogP contribution in [0, 0.1) is 11.6 Å². The van der Waals surface area contributed by atoms with Crippen molar-refractivity contribution in [2.24, 2.45) is 0 Å². The van der Waals surface area contributed by atoms with Crippen molar-refractivity contribution in [1.29, 1.82) is 0 Å². The maximum absolute atomic E-state index is 13.8. The first-order chi connectivity index (χ1) is 24.0. The Labute approximate surface area is 306 Å². The fourth-order valence-corrected chi connectivity index (χ4v) is 6.63. The zero-order valence-corrected chi connectivity index (χ0v) is 30.9. The second kappa shape index (κ2) is 17.1. The Hall–Kier alpha value is -4.32. The van der Waals surface area contributed by atoms with Crippen LogP contribution in [0.3, 0.4) is 0 Å². The number of hydrogen-bond donors (Lipinski definition) is 1. The number of halogens is 3. The highest BCUT2D eigenvalue weighted by atomic mass is 35.5. The smallest absolute Gasteiger partial charge is 0.270 e.